The first-order valence-corrected chi connectivity index (χ1v) is 12.0. The first-order chi connectivity index (χ1) is 17.1. The molecule has 0 atom stereocenters. The van der Waals surface area contributed by atoms with Gasteiger partial charge in [-0.15, -0.1) is 0 Å². The highest BCUT2D eigenvalue weighted by Gasteiger charge is 2.24. The summed E-state index contributed by atoms with van der Waals surface area (Å²) in [7, 11) is 1.59. The van der Waals surface area contributed by atoms with Crippen molar-refractivity contribution in [3.05, 3.63) is 53.3 Å². The lowest BCUT2D eigenvalue weighted by molar-refractivity contribution is 0.0322. The number of hydrogen-bond donors (Lipinski definition) is 0. The molecule has 0 spiro atoms. The quantitative estimate of drug-likeness (QED) is 0.541. The lowest BCUT2D eigenvalue weighted by Gasteiger charge is -2.26. The standard InChI is InChI=1S/C26H32FN3O5/c1-3-34-25-17-19(6-9-24(25)32-2)23-5-4-10-30(28-23)26(31)21-8-7-20(18-22(21)27)35-16-13-29-11-14-33-15-12-29/h6-9,17-18H,3-5,10-16H2,1-2H3. The molecule has 0 aliphatic carbocycles. The van der Waals surface area contributed by atoms with Crippen molar-refractivity contribution in [1.29, 1.82) is 0 Å². The van der Waals surface area contributed by atoms with Gasteiger partial charge < -0.3 is 18.9 Å². The highest BCUT2D eigenvalue weighted by Crippen LogP contribution is 2.30. The number of rotatable bonds is 9. The van der Waals surface area contributed by atoms with Crippen LogP contribution in [0.25, 0.3) is 0 Å². The number of morpholine rings is 1. The number of halogens is 1. The van der Waals surface area contributed by atoms with Crippen LogP contribution in [0.4, 0.5) is 4.39 Å². The zero-order valence-corrected chi connectivity index (χ0v) is 20.3. The number of methoxy groups -OCH3 is 1. The summed E-state index contributed by atoms with van der Waals surface area (Å²) >= 11 is 0. The fraction of sp³-hybridized carbons (Fsp3) is 0.462. The minimum Gasteiger partial charge on any atom is -0.493 e. The van der Waals surface area contributed by atoms with Gasteiger partial charge in [0, 0.05) is 37.8 Å². The Kier molecular flexibility index (Phi) is 8.54. The molecular weight excluding hydrogens is 453 g/mol. The van der Waals surface area contributed by atoms with Gasteiger partial charge in [-0.3, -0.25) is 9.69 Å². The summed E-state index contributed by atoms with van der Waals surface area (Å²) in [6.45, 7) is 7.19. The van der Waals surface area contributed by atoms with Gasteiger partial charge in [0.1, 0.15) is 18.2 Å². The molecule has 1 saturated heterocycles. The molecule has 1 fully saturated rings. The summed E-state index contributed by atoms with van der Waals surface area (Å²) in [6, 6.07) is 9.92. The van der Waals surface area contributed by atoms with Gasteiger partial charge >= 0.3 is 0 Å². The Morgan fingerprint density at radius 3 is 2.66 bits per heavy atom. The molecule has 0 bridgehead atoms. The number of ether oxygens (including phenoxy) is 4. The Balaban J connectivity index is 1.42. The average molecular weight is 486 g/mol. The first kappa shape index (κ1) is 24.9. The van der Waals surface area contributed by atoms with Crippen molar-refractivity contribution >= 4 is 11.6 Å². The SMILES string of the molecule is CCOc1cc(C2=NN(C(=O)c3ccc(OCCN4CCOCC4)cc3F)CCC2)ccc1OC. The molecule has 9 heteroatoms. The third-order valence-electron chi connectivity index (χ3n) is 6.01. The minimum absolute atomic E-state index is 0.0275. The van der Waals surface area contributed by atoms with Gasteiger partial charge in [-0.2, -0.15) is 5.10 Å². The number of benzene rings is 2. The second-order valence-electron chi connectivity index (χ2n) is 8.32. The number of hydrazone groups is 1. The molecule has 2 aliphatic heterocycles. The third-order valence-corrected chi connectivity index (χ3v) is 6.01. The number of nitrogens with zero attached hydrogens (tertiary/aromatic N) is 3. The van der Waals surface area contributed by atoms with Crippen LogP contribution in [0.15, 0.2) is 41.5 Å². The normalized spacial score (nSPS) is 16.5. The third kappa shape index (κ3) is 6.29. The van der Waals surface area contributed by atoms with E-state index >= 15 is 0 Å². The molecule has 0 unspecified atom stereocenters. The molecule has 35 heavy (non-hydrogen) atoms. The maximum atomic E-state index is 14.8. The molecule has 0 saturated carbocycles. The predicted molar refractivity (Wildman–Crippen MR) is 130 cm³/mol. The number of hydrogen-bond acceptors (Lipinski definition) is 7. The highest BCUT2D eigenvalue weighted by atomic mass is 19.1. The van der Waals surface area contributed by atoms with Crippen LogP contribution in [0.5, 0.6) is 17.2 Å². The van der Waals surface area contributed by atoms with Gasteiger partial charge in [-0.1, -0.05) is 0 Å². The van der Waals surface area contributed by atoms with Gasteiger partial charge in [0.25, 0.3) is 5.91 Å². The number of amides is 1. The van der Waals surface area contributed by atoms with Crippen LogP contribution in [0.2, 0.25) is 0 Å². The van der Waals surface area contributed by atoms with Gasteiger partial charge in [0.05, 0.1) is 38.2 Å². The number of carbonyl (C=O) groups excluding carboxylic acids is 1. The van der Waals surface area contributed by atoms with E-state index in [1.165, 1.54) is 17.1 Å². The molecule has 188 valence electrons. The summed E-state index contributed by atoms with van der Waals surface area (Å²) in [5, 5.41) is 5.87. The van der Waals surface area contributed by atoms with E-state index in [0.29, 0.717) is 43.4 Å². The zero-order valence-electron chi connectivity index (χ0n) is 20.3. The number of carbonyl (C=O) groups is 1. The fourth-order valence-electron chi connectivity index (χ4n) is 4.13. The monoisotopic (exact) mass is 485 g/mol. The van der Waals surface area contributed by atoms with Crippen molar-refractivity contribution in [2.24, 2.45) is 5.10 Å². The van der Waals surface area contributed by atoms with E-state index in [1.807, 2.05) is 25.1 Å². The van der Waals surface area contributed by atoms with Gasteiger partial charge in [-0.25, -0.2) is 9.40 Å². The Bertz CT molecular complexity index is 1060. The molecule has 4 rings (SSSR count). The Hall–Kier alpha value is -3.17. The second-order valence-corrected chi connectivity index (χ2v) is 8.32. The molecule has 0 aromatic heterocycles. The lowest BCUT2D eigenvalue weighted by atomic mass is 10.0. The molecule has 2 aliphatic rings. The van der Waals surface area contributed by atoms with Crippen LogP contribution in [0, 0.1) is 5.82 Å². The molecular formula is C26H32FN3O5. The molecule has 2 aromatic rings. The van der Waals surface area contributed by atoms with E-state index in [-0.39, 0.29) is 5.56 Å². The van der Waals surface area contributed by atoms with Crippen molar-refractivity contribution < 1.29 is 28.1 Å². The van der Waals surface area contributed by atoms with Crippen LogP contribution in [0.3, 0.4) is 0 Å². The molecule has 0 radical (unpaired) electrons. The van der Waals surface area contributed by atoms with Crippen molar-refractivity contribution in [3.63, 3.8) is 0 Å². The predicted octanol–water partition coefficient (Wildman–Crippen LogP) is 3.58. The summed E-state index contributed by atoms with van der Waals surface area (Å²) in [4.78, 5) is 15.3. The summed E-state index contributed by atoms with van der Waals surface area (Å²) in [5.41, 5.74) is 1.56. The van der Waals surface area contributed by atoms with Crippen LogP contribution in [-0.4, -0.2) is 81.2 Å². The van der Waals surface area contributed by atoms with E-state index < -0.39 is 11.7 Å². The van der Waals surface area contributed by atoms with Crippen molar-refractivity contribution in [1.82, 2.24) is 9.91 Å². The van der Waals surface area contributed by atoms with Crippen LogP contribution < -0.4 is 14.2 Å². The lowest BCUT2D eigenvalue weighted by Crippen LogP contribution is -2.38. The topological polar surface area (TPSA) is 72.8 Å². The summed E-state index contributed by atoms with van der Waals surface area (Å²) < 4.78 is 36.9. The minimum atomic E-state index is -0.621. The van der Waals surface area contributed by atoms with E-state index in [1.54, 1.807) is 13.2 Å². The van der Waals surface area contributed by atoms with Gasteiger partial charge in [-0.05, 0) is 50.1 Å². The summed E-state index contributed by atoms with van der Waals surface area (Å²) in [5.74, 6) is 0.558. The smallest absolute Gasteiger partial charge is 0.276 e. The Morgan fingerprint density at radius 1 is 1.09 bits per heavy atom. The zero-order chi connectivity index (χ0) is 24.6. The van der Waals surface area contributed by atoms with Gasteiger partial charge in [0.15, 0.2) is 11.5 Å². The van der Waals surface area contributed by atoms with Crippen molar-refractivity contribution in [2.45, 2.75) is 19.8 Å². The molecule has 1 amide bonds. The van der Waals surface area contributed by atoms with Crippen molar-refractivity contribution in [3.8, 4) is 17.2 Å². The second kappa shape index (κ2) is 12.0. The molecule has 2 heterocycles. The van der Waals surface area contributed by atoms with Crippen LogP contribution in [-0.2, 0) is 4.74 Å². The molecule has 2 aromatic carbocycles. The van der Waals surface area contributed by atoms with E-state index in [4.69, 9.17) is 18.9 Å². The Labute approximate surface area is 205 Å². The van der Waals surface area contributed by atoms with Crippen LogP contribution >= 0.6 is 0 Å². The largest absolute Gasteiger partial charge is 0.493 e. The molecule has 0 N–H and O–H groups in total. The maximum absolute atomic E-state index is 14.8. The van der Waals surface area contributed by atoms with Gasteiger partial charge in [0.2, 0.25) is 0 Å². The van der Waals surface area contributed by atoms with Crippen LogP contribution in [0.1, 0.15) is 35.7 Å². The van der Waals surface area contributed by atoms with E-state index in [2.05, 4.69) is 10.0 Å². The maximum Gasteiger partial charge on any atom is 0.276 e. The van der Waals surface area contributed by atoms with E-state index in [0.717, 1.165) is 50.5 Å². The van der Waals surface area contributed by atoms with E-state index in [9.17, 15) is 9.18 Å². The first-order valence-electron chi connectivity index (χ1n) is 12.0. The fourth-order valence-corrected chi connectivity index (χ4v) is 4.13. The highest BCUT2D eigenvalue weighted by molar-refractivity contribution is 6.03. The molecule has 8 nitrogen and oxygen atoms in total. The average Bonchev–Trinajstić information content (AvgIpc) is 2.89. The van der Waals surface area contributed by atoms with Crippen molar-refractivity contribution in [2.75, 3.05) is 59.7 Å². The summed E-state index contributed by atoms with van der Waals surface area (Å²) in [6.07, 6.45) is 1.44. The Morgan fingerprint density at radius 2 is 1.91 bits per heavy atom.